The van der Waals surface area contributed by atoms with Crippen LogP contribution in [0.1, 0.15) is 48.3 Å². The first-order chi connectivity index (χ1) is 14.9. The van der Waals surface area contributed by atoms with Crippen LogP contribution in [0.25, 0.3) is 0 Å². The second kappa shape index (κ2) is 8.83. The van der Waals surface area contributed by atoms with Crippen LogP contribution in [-0.4, -0.2) is 63.7 Å². The van der Waals surface area contributed by atoms with Crippen LogP contribution in [0.4, 0.5) is 0 Å². The number of hydrogen-bond acceptors (Lipinski definition) is 4. The first-order valence-electron chi connectivity index (χ1n) is 11.2. The third kappa shape index (κ3) is 4.24. The third-order valence-electron chi connectivity index (χ3n) is 6.49. The van der Waals surface area contributed by atoms with Gasteiger partial charge in [-0.3, -0.25) is 14.3 Å². The lowest BCUT2D eigenvalue weighted by molar-refractivity contribution is -0.169. The second-order valence-electron chi connectivity index (χ2n) is 8.59. The highest BCUT2D eigenvalue weighted by Crippen LogP contribution is 2.39. The fourth-order valence-corrected chi connectivity index (χ4v) is 4.61. The van der Waals surface area contributed by atoms with E-state index in [2.05, 4.69) is 18.9 Å². The second-order valence-corrected chi connectivity index (χ2v) is 8.59. The molecule has 2 amide bonds. The maximum atomic E-state index is 13.5. The fraction of sp³-hybridized carbons (Fsp3) is 0.542. The van der Waals surface area contributed by atoms with Gasteiger partial charge < -0.3 is 14.5 Å². The molecule has 7 nitrogen and oxygen atoms in total. The van der Waals surface area contributed by atoms with E-state index in [1.54, 1.807) is 4.90 Å². The molecule has 1 aromatic carbocycles. The van der Waals surface area contributed by atoms with E-state index in [4.69, 9.17) is 4.74 Å². The number of amides is 2. The topological polar surface area (TPSA) is 67.7 Å². The van der Waals surface area contributed by atoms with Crippen molar-refractivity contribution >= 4 is 11.8 Å². The van der Waals surface area contributed by atoms with E-state index < -0.39 is 6.10 Å². The minimum Gasteiger partial charge on any atom is -0.356 e. The Morgan fingerprint density at radius 1 is 1.23 bits per heavy atom. The van der Waals surface area contributed by atoms with Crippen molar-refractivity contribution in [1.82, 2.24) is 19.6 Å². The van der Waals surface area contributed by atoms with E-state index in [0.717, 1.165) is 42.8 Å². The lowest BCUT2D eigenvalue weighted by atomic mass is 9.96. The lowest BCUT2D eigenvalue weighted by Crippen LogP contribution is -2.55. The molecule has 2 unspecified atom stereocenters. The number of carbonyl (C=O) groups excluding carboxylic acids is 2. The van der Waals surface area contributed by atoms with Crippen molar-refractivity contribution in [2.24, 2.45) is 0 Å². The molecule has 2 fully saturated rings. The number of ether oxygens (including phenoxy) is 1. The lowest BCUT2D eigenvalue weighted by Gasteiger charge is -2.42. The molecule has 0 spiro atoms. The number of aryl methyl sites for hydroxylation is 2. The first-order valence-corrected chi connectivity index (χ1v) is 11.2. The Kier molecular flexibility index (Phi) is 6.14. The van der Waals surface area contributed by atoms with Gasteiger partial charge in [-0.25, -0.2) is 0 Å². The Labute approximate surface area is 184 Å². The van der Waals surface area contributed by atoms with E-state index in [1.165, 1.54) is 5.56 Å². The molecular formula is C24H32N4O3. The van der Waals surface area contributed by atoms with E-state index >= 15 is 0 Å². The summed E-state index contributed by atoms with van der Waals surface area (Å²) >= 11 is 0. The highest BCUT2D eigenvalue weighted by atomic mass is 16.5. The van der Waals surface area contributed by atoms with E-state index in [0.29, 0.717) is 6.54 Å². The van der Waals surface area contributed by atoms with Crippen LogP contribution in [0.15, 0.2) is 30.3 Å². The van der Waals surface area contributed by atoms with Gasteiger partial charge in [-0.05, 0) is 51.2 Å². The molecule has 7 heteroatoms. The number of nitrogens with zero attached hydrogens (tertiary/aromatic N) is 4. The van der Waals surface area contributed by atoms with Crippen LogP contribution in [0.2, 0.25) is 0 Å². The quantitative estimate of drug-likeness (QED) is 0.685. The molecule has 2 heterocycles. The molecule has 1 aromatic heterocycles. The average molecular weight is 425 g/mol. The van der Waals surface area contributed by atoms with Crippen molar-refractivity contribution < 1.29 is 14.3 Å². The zero-order valence-corrected chi connectivity index (χ0v) is 18.9. The van der Waals surface area contributed by atoms with Gasteiger partial charge >= 0.3 is 0 Å². The molecule has 1 aliphatic carbocycles. The van der Waals surface area contributed by atoms with Gasteiger partial charge in [0.05, 0.1) is 11.7 Å². The molecule has 166 valence electrons. The zero-order chi connectivity index (χ0) is 22.1. The summed E-state index contributed by atoms with van der Waals surface area (Å²) in [4.78, 5) is 29.8. The molecular weight excluding hydrogens is 392 g/mol. The van der Waals surface area contributed by atoms with Crippen molar-refractivity contribution in [3.8, 4) is 0 Å². The molecule has 2 atom stereocenters. The number of likely N-dealkylation sites (N-methyl/N-ethyl adjacent to an activating group) is 1. The van der Waals surface area contributed by atoms with E-state index in [-0.39, 0.29) is 30.5 Å². The minimum atomic E-state index is -0.689. The van der Waals surface area contributed by atoms with Crippen LogP contribution in [0.3, 0.4) is 0 Å². The molecule has 0 radical (unpaired) electrons. The molecule has 2 aromatic rings. The third-order valence-corrected chi connectivity index (χ3v) is 6.49. The molecule has 1 saturated carbocycles. The van der Waals surface area contributed by atoms with Gasteiger partial charge in [-0.2, -0.15) is 5.10 Å². The van der Waals surface area contributed by atoms with E-state index in [9.17, 15) is 9.59 Å². The van der Waals surface area contributed by atoms with Crippen LogP contribution < -0.4 is 0 Å². The van der Waals surface area contributed by atoms with Crippen molar-refractivity contribution in [3.05, 3.63) is 52.8 Å². The minimum absolute atomic E-state index is 0.0266. The number of hydrogen-bond donors (Lipinski definition) is 0. The Balaban J connectivity index is 1.53. The van der Waals surface area contributed by atoms with Crippen LogP contribution in [-0.2, 0) is 27.3 Å². The summed E-state index contributed by atoms with van der Waals surface area (Å²) < 4.78 is 7.87. The van der Waals surface area contributed by atoms with Crippen molar-refractivity contribution in [3.63, 3.8) is 0 Å². The van der Waals surface area contributed by atoms with Crippen molar-refractivity contribution in [1.29, 1.82) is 0 Å². The standard InChI is InChI=1S/C24H32N4O3/c1-5-27-17(3)20(16(2)25-27)13-14-26(4)24(30)23-22(18-9-7-6-8-10-18)28(19-11-12-19)21(29)15-31-23/h6-10,19,22-23H,5,11-15H2,1-4H3. The maximum Gasteiger partial charge on any atom is 0.254 e. The summed E-state index contributed by atoms with van der Waals surface area (Å²) in [5, 5.41) is 4.58. The Morgan fingerprint density at radius 2 is 1.94 bits per heavy atom. The normalized spacial score (nSPS) is 21.4. The SMILES string of the molecule is CCn1nc(C)c(CCN(C)C(=O)C2OCC(=O)N(C3CC3)C2c2ccccc2)c1C. The number of morpholine rings is 1. The first kappa shape index (κ1) is 21.6. The molecule has 2 aliphatic rings. The van der Waals surface area contributed by atoms with E-state index in [1.807, 2.05) is 53.9 Å². The van der Waals surface area contributed by atoms with Crippen LogP contribution >= 0.6 is 0 Å². The van der Waals surface area contributed by atoms with Crippen LogP contribution in [0, 0.1) is 13.8 Å². The average Bonchev–Trinajstić information content (AvgIpc) is 3.57. The Morgan fingerprint density at radius 3 is 2.55 bits per heavy atom. The Bertz CT molecular complexity index is 951. The summed E-state index contributed by atoms with van der Waals surface area (Å²) in [6.07, 6.45) is 2.04. The molecule has 0 N–H and O–H groups in total. The molecule has 1 aliphatic heterocycles. The monoisotopic (exact) mass is 424 g/mol. The van der Waals surface area contributed by atoms with Gasteiger partial charge in [0.1, 0.15) is 6.61 Å². The van der Waals surface area contributed by atoms with Crippen LogP contribution in [0.5, 0.6) is 0 Å². The summed E-state index contributed by atoms with van der Waals surface area (Å²) in [7, 11) is 1.82. The predicted molar refractivity (Wildman–Crippen MR) is 118 cm³/mol. The summed E-state index contributed by atoms with van der Waals surface area (Å²) in [5.41, 5.74) is 4.31. The number of carbonyl (C=O) groups is 2. The number of rotatable bonds is 7. The highest BCUT2D eigenvalue weighted by Gasteiger charge is 2.48. The largest absolute Gasteiger partial charge is 0.356 e. The van der Waals surface area contributed by atoms with Gasteiger partial charge in [0.2, 0.25) is 5.91 Å². The summed E-state index contributed by atoms with van der Waals surface area (Å²) in [5.74, 6) is -0.105. The maximum absolute atomic E-state index is 13.5. The van der Waals surface area contributed by atoms with Gasteiger partial charge in [-0.15, -0.1) is 0 Å². The molecule has 1 saturated heterocycles. The number of aromatic nitrogens is 2. The molecule has 0 bridgehead atoms. The highest BCUT2D eigenvalue weighted by molar-refractivity contribution is 5.86. The molecule has 4 rings (SSSR count). The Hall–Kier alpha value is -2.67. The number of benzene rings is 1. The molecule has 31 heavy (non-hydrogen) atoms. The summed E-state index contributed by atoms with van der Waals surface area (Å²) in [6.45, 7) is 7.55. The van der Waals surface area contributed by atoms with Gasteiger partial charge in [0, 0.05) is 31.9 Å². The van der Waals surface area contributed by atoms with Crippen molar-refractivity contribution in [2.75, 3.05) is 20.2 Å². The van der Waals surface area contributed by atoms with Gasteiger partial charge in [0.25, 0.3) is 5.91 Å². The van der Waals surface area contributed by atoms with Crippen molar-refractivity contribution in [2.45, 2.75) is 64.8 Å². The smallest absolute Gasteiger partial charge is 0.254 e. The predicted octanol–water partition coefficient (Wildman–Crippen LogP) is 2.65. The zero-order valence-electron chi connectivity index (χ0n) is 18.9. The fourth-order valence-electron chi connectivity index (χ4n) is 4.61. The van der Waals surface area contributed by atoms with Gasteiger partial charge in [0.15, 0.2) is 6.10 Å². The summed E-state index contributed by atoms with van der Waals surface area (Å²) in [6, 6.07) is 9.63. The van der Waals surface area contributed by atoms with Gasteiger partial charge in [-0.1, -0.05) is 30.3 Å².